The lowest BCUT2D eigenvalue weighted by Gasteiger charge is -2.07. The Kier molecular flexibility index (Phi) is 5.77. The van der Waals surface area contributed by atoms with Gasteiger partial charge in [-0.15, -0.1) is 0 Å². The van der Waals surface area contributed by atoms with Crippen molar-refractivity contribution in [1.29, 1.82) is 0 Å². The summed E-state index contributed by atoms with van der Waals surface area (Å²) >= 11 is 0. The summed E-state index contributed by atoms with van der Waals surface area (Å²) in [6, 6.07) is 5.76. The summed E-state index contributed by atoms with van der Waals surface area (Å²) in [5.41, 5.74) is 9.51. The van der Waals surface area contributed by atoms with Gasteiger partial charge < -0.3 is 10.7 Å². The number of benzene rings is 1. The van der Waals surface area contributed by atoms with Crippen LogP contribution in [0.3, 0.4) is 0 Å². The summed E-state index contributed by atoms with van der Waals surface area (Å²) in [6.45, 7) is -0.0870. The standard InChI is InChI=1S/C25H19F2N9O2S/c1-39(37,38)32-6-12-2-13(4-15(26)3-12)17-9-30-10-19-23(17)34-25(33-19)24-20-18(35-36-24)11-31-22(21(20)27)14-5-16(28)8-29-7-14/h2-5,7-11,32H,6,28H2,1H3,(H,33,34)(H,35,36). The van der Waals surface area contributed by atoms with Gasteiger partial charge in [0.05, 0.1) is 46.3 Å². The Balaban J connectivity index is 1.46. The van der Waals surface area contributed by atoms with Gasteiger partial charge in [-0.3, -0.25) is 20.1 Å². The first-order valence-corrected chi connectivity index (χ1v) is 13.4. The number of fused-ring (bicyclic) bond motifs is 2. The molecule has 196 valence electrons. The van der Waals surface area contributed by atoms with E-state index in [0.29, 0.717) is 44.5 Å². The fraction of sp³-hybridized carbons (Fsp3) is 0.0800. The molecule has 5 heterocycles. The van der Waals surface area contributed by atoms with E-state index in [1.807, 2.05) is 0 Å². The number of aromatic nitrogens is 7. The molecule has 0 bridgehead atoms. The van der Waals surface area contributed by atoms with E-state index in [2.05, 4.69) is 39.8 Å². The van der Waals surface area contributed by atoms with E-state index in [-0.39, 0.29) is 29.1 Å². The lowest BCUT2D eigenvalue weighted by atomic mass is 10.0. The Morgan fingerprint density at radius 2 is 1.77 bits per heavy atom. The molecule has 0 amide bonds. The van der Waals surface area contributed by atoms with Crippen molar-refractivity contribution < 1.29 is 17.2 Å². The Hall–Kier alpha value is -4.82. The number of anilines is 1. The molecule has 1 aromatic carbocycles. The monoisotopic (exact) mass is 547 g/mol. The van der Waals surface area contributed by atoms with E-state index in [1.54, 1.807) is 12.1 Å². The van der Waals surface area contributed by atoms with E-state index in [1.165, 1.54) is 43.1 Å². The van der Waals surface area contributed by atoms with Crippen LogP contribution in [0, 0.1) is 11.6 Å². The molecule has 0 radical (unpaired) electrons. The highest BCUT2D eigenvalue weighted by Gasteiger charge is 2.21. The zero-order valence-electron chi connectivity index (χ0n) is 20.2. The Labute approximate surface area is 219 Å². The molecule has 5 N–H and O–H groups in total. The topological polar surface area (TPSA) is 168 Å². The van der Waals surface area contributed by atoms with Crippen molar-refractivity contribution >= 4 is 37.6 Å². The smallest absolute Gasteiger partial charge is 0.209 e. The van der Waals surface area contributed by atoms with Crippen molar-refractivity contribution in [1.82, 2.24) is 39.8 Å². The molecule has 0 atom stereocenters. The van der Waals surface area contributed by atoms with Crippen molar-refractivity contribution in [2.24, 2.45) is 0 Å². The molecule has 0 saturated carbocycles. The van der Waals surface area contributed by atoms with Crippen LogP contribution in [0.2, 0.25) is 0 Å². The lowest BCUT2D eigenvalue weighted by Crippen LogP contribution is -2.21. The first-order chi connectivity index (χ1) is 18.7. The van der Waals surface area contributed by atoms with Crippen molar-refractivity contribution in [3.05, 3.63) is 72.4 Å². The molecule has 0 aliphatic carbocycles. The zero-order chi connectivity index (χ0) is 27.3. The molecular weight excluding hydrogens is 528 g/mol. The number of nitrogen functional groups attached to an aromatic ring is 1. The first kappa shape index (κ1) is 24.5. The second-order valence-corrected chi connectivity index (χ2v) is 10.7. The van der Waals surface area contributed by atoms with Gasteiger partial charge in [0.1, 0.15) is 17.2 Å². The molecule has 5 aromatic heterocycles. The molecule has 0 aliphatic heterocycles. The number of hydrogen-bond acceptors (Lipinski definition) is 8. The summed E-state index contributed by atoms with van der Waals surface area (Å²) in [6.07, 6.45) is 8.46. The SMILES string of the molecule is CS(=O)(=O)NCc1cc(F)cc(-c2cncc3[nH]c(-c4n[nH]c5cnc(-c6cncc(N)c6)c(F)c45)nc23)c1. The minimum atomic E-state index is -3.47. The van der Waals surface area contributed by atoms with Gasteiger partial charge in [-0.05, 0) is 35.4 Å². The fourth-order valence-electron chi connectivity index (χ4n) is 4.31. The number of rotatable bonds is 6. The minimum absolute atomic E-state index is 0.0541. The van der Waals surface area contributed by atoms with E-state index < -0.39 is 21.7 Å². The molecule has 0 fully saturated rings. The van der Waals surface area contributed by atoms with Crippen LogP contribution in [-0.2, 0) is 16.6 Å². The Morgan fingerprint density at radius 3 is 2.56 bits per heavy atom. The van der Waals surface area contributed by atoms with Crippen molar-refractivity contribution in [2.45, 2.75) is 6.54 Å². The van der Waals surface area contributed by atoms with Gasteiger partial charge in [0.2, 0.25) is 10.0 Å². The third-order valence-electron chi connectivity index (χ3n) is 6.00. The van der Waals surface area contributed by atoms with Gasteiger partial charge >= 0.3 is 0 Å². The van der Waals surface area contributed by atoms with Crippen LogP contribution < -0.4 is 10.5 Å². The quantitative estimate of drug-likeness (QED) is 0.246. The number of aromatic amines is 2. The summed E-state index contributed by atoms with van der Waals surface area (Å²) in [5, 5.41) is 7.21. The number of H-pyrrole nitrogens is 2. The van der Waals surface area contributed by atoms with Crippen LogP contribution in [0.1, 0.15) is 5.56 Å². The zero-order valence-corrected chi connectivity index (χ0v) is 21.0. The lowest BCUT2D eigenvalue weighted by molar-refractivity contribution is 0.586. The van der Waals surface area contributed by atoms with E-state index in [4.69, 9.17) is 5.73 Å². The van der Waals surface area contributed by atoms with Crippen molar-refractivity contribution in [3.8, 4) is 33.9 Å². The van der Waals surface area contributed by atoms with Gasteiger partial charge in [0, 0.05) is 36.3 Å². The highest BCUT2D eigenvalue weighted by molar-refractivity contribution is 7.88. The second-order valence-electron chi connectivity index (χ2n) is 8.90. The fourth-order valence-corrected chi connectivity index (χ4v) is 4.74. The van der Waals surface area contributed by atoms with E-state index in [9.17, 15) is 12.8 Å². The summed E-state index contributed by atoms with van der Waals surface area (Å²) in [5.74, 6) is -0.930. The molecule has 6 aromatic rings. The summed E-state index contributed by atoms with van der Waals surface area (Å²) in [4.78, 5) is 20.2. The summed E-state index contributed by atoms with van der Waals surface area (Å²) in [7, 11) is -3.47. The largest absolute Gasteiger partial charge is 0.397 e. The molecule has 0 spiro atoms. The number of nitrogens with one attached hydrogen (secondary N) is 3. The normalized spacial score (nSPS) is 12.0. The molecule has 39 heavy (non-hydrogen) atoms. The predicted octanol–water partition coefficient (Wildman–Crippen LogP) is 3.53. The molecule has 11 nitrogen and oxygen atoms in total. The third-order valence-corrected chi connectivity index (χ3v) is 6.67. The van der Waals surface area contributed by atoms with Gasteiger partial charge in [0.15, 0.2) is 11.6 Å². The molecule has 6 rings (SSSR count). The molecular formula is C25H19F2N9O2S. The minimum Gasteiger partial charge on any atom is -0.397 e. The average Bonchev–Trinajstić information content (AvgIpc) is 3.51. The van der Waals surface area contributed by atoms with Gasteiger partial charge in [-0.2, -0.15) is 5.10 Å². The molecule has 0 aliphatic rings. The van der Waals surface area contributed by atoms with Crippen molar-refractivity contribution in [3.63, 3.8) is 0 Å². The van der Waals surface area contributed by atoms with Crippen LogP contribution in [-0.4, -0.2) is 49.8 Å². The third kappa shape index (κ3) is 4.66. The molecule has 14 heteroatoms. The maximum absolute atomic E-state index is 15.8. The number of halogens is 2. The highest BCUT2D eigenvalue weighted by atomic mass is 32.2. The molecule has 0 saturated heterocycles. The van der Waals surface area contributed by atoms with Crippen LogP contribution in [0.5, 0.6) is 0 Å². The van der Waals surface area contributed by atoms with Crippen LogP contribution >= 0.6 is 0 Å². The predicted molar refractivity (Wildman–Crippen MR) is 141 cm³/mol. The molecule has 0 unspecified atom stereocenters. The number of nitrogens with zero attached hydrogens (tertiary/aromatic N) is 5. The van der Waals surface area contributed by atoms with Gasteiger partial charge in [-0.25, -0.2) is 26.9 Å². The van der Waals surface area contributed by atoms with Crippen molar-refractivity contribution in [2.75, 3.05) is 12.0 Å². The number of sulfonamides is 1. The maximum atomic E-state index is 15.8. The van der Waals surface area contributed by atoms with Gasteiger partial charge in [0.25, 0.3) is 0 Å². The van der Waals surface area contributed by atoms with Gasteiger partial charge in [-0.1, -0.05) is 0 Å². The Morgan fingerprint density at radius 1 is 0.949 bits per heavy atom. The van der Waals surface area contributed by atoms with Crippen LogP contribution in [0.4, 0.5) is 14.5 Å². The van der Waals surface area contributed by atoms with E-state index in [0.717, 1.165) is 6.26 Å². The second kappa shape index (κ2) is 9.18. The highest BCUT2D eigenvalue weighted by Crippen LogP contribution is 2.34. The number of hydrogen-bond donors (Lipinski definition) is 4. The Bertz CT molecular complexity index is 2000. The number of imidazole rings is 1. The number of nitrogens with two attached hydrogens (primary N) is 1. The van der Waals surface area contributed by atoms with Crippen LogP contribution in [0.25, 0.3) is 55.8 Å². The van der Waals surface area contributed by atoms with E-state index >= 15 is 4.39 Å². The maximum Gasteiger partial charge on any atom is 0.209 e. The van der Waals surface area contributed by atoms with Crippen LogP contribution in [0.15, 0.2) is 55.2 Å². The number of pyridine rings is 3. The average molecular weight is 548 g/mol. The summed E-state index contributed by atoms with van der Waals surface area (Å²) < 4.78 is 55.6. The first-order valence-electron chi connectivity index (χ1n) is 11.5.